The first-order valence-corrected chi connectivity index (χ1v) is 3.19. The molecule has 0 aliphatic rings. The summed E-state index contributed by atoms with van der Waals surface area (Å²) < 4.78 is 3.06. The highest BCUT2D eigenvalue weighted by molar-refractivity contribution is 5.15. The van der Waals surface area contributed by atoms with Gasteiger partial charge in [0.2, 0.25) is 0 Å². The van der Waals surface area contributed by atoms with Crippen molar-refractivity contribution < 1.29 is 0 Å². The largest absolute Gasteiger partial charge is 0.332 e. The van der Waals surface area contributed by atoms with Crippen LogP contribution in [0.1, 0.15) is 6.92 Å². The number of hydrogen-bond acceptors (Lipinski definition) is 1. The second-order valence-corrected chi connectivity index (χ2v) is 1.96. The molecule has 0 saturated heterocycles. The van der Waals surface area contributed by atoms with Crippen molar-refractivity contribution in [2.45, 2.75) is 13.5 Å². The van der Waals surface area contributed by atoms with Crippen molar-refractivity contribution in [3.63, 3.8) is 0 Å². The Hall–Kier alpha value is -1.25. The van der Waals surface area contributed by atoms with Gasteiger partial charge in [0, 0.05) is 25.1 Å². The Morgan fingerprint density at radius 3 is 2.70 bits per heavy atom. The summed E-state index contributed by atoms with van der Waals surface area (Å²) in [5.41, 5.74) is -0.0301. The van der Waals surface area contributed by atoms with E-state index < -0.39 is 0 Å². The topological polar surface area (TPSA) is 26.9 Å². The number of imidazole rings is 1. The summed E-state index contributed by atoms with van der Waals surface area (Å²) in [7, 11) is 0. The van der Waals surface area contributed by atoms with Crippen LogP contribution in [0.25, 0.3) is 6.20 Å². The minimum Gasteiger partial charge on any atom is -0.299 e. The van der Waals surface area contributed by atoms with Gasteiger partial charge in [0.15, 0.2) is 0 Å². The van der Waals surface area contributed by atoms with Gasteiger partial charge in [-0.15, -0.1) is 0 Å². The molecule has 0 aliphatic heterocycles. The van der Waals surface area contributed by atoms with E-state index in [0.717, 1.165) is 0 Å². The summed E-state index contributed by atoms with van der Waals surface area (Å²) in [4.78, 5) is 11.1. The lowest BCUT2D eigenvalue weighted by Crippen LogP contribution is -2.19. The number of aromatic nitrogens is 2. The van der Waals surface area contributed by atoms with Gasteiger partial charge in [0.25, 0.3) is 0 Å². The van der Waals surface area contributed by atoms with Crippen LogP contribution in [0, 0.1) is 0 Å². The molecule has 0 saturated carbocycles. The lowest BCUT2D eigenvalue weighted by atomic mass is 10.7. The number of hydrogen-bond donors (Lipinski definition) is 0. The summed E-state index contributed by atoms with van der Waals surface area (Å²) in [6.07, 6.45) is 4.93. The van der Waals surface area contributed by atoms with Crippen molar-refractivity contribution in [3.05, 3.63) is 29.5 Å². The van der Waals surface area contributed by atoms with E-state index >= 15 is 0 Å². The molecule has 54 valence electrons. The highest BCUT2D eigenvalue weighted by atomic mass is 16.1. The van der Waals surface area contributed by atoms with Gasteiger partial charge < -0.3 is 0 Å². The molecule has 1 heterocycles. The lowest BCUT2D eigenvalue weighted by Gasteiger charge is -1.90. The third kappa shape index (κ3) is 0.900. The summed E-state index contributed by atoms with van der Waals surface area (Å²) in [5, 5.41) is 0. The van der Waals surface area contributed by atoms with Crippen LogP contribution in [0.3, 0.4) is 0 Å². The SMILES string of the molecule is C=Cn1ccn(CC)c1=O. The summed E-state index contributed by atoms with van der Waals surface area (Å²) in [6, 6.07) is 0. The van der Waals surface area contributed by atoms with Gasteiger partial charge in [-0.25, -0.2) is 4.79 Å². The van der Waals surface area contributed by atoms with Crippen molar-refractivity contribution in [1.29, 1.82) is 0 Å². The minimum absolute atomic E-state index is 0.0301. The Morgan fingerprint density at radius 1 is 1.70 bits per heavy atom. The molecule has 0 radical (unpaired) electrons. The maximum absolute atomic E-state index is 11.1. The quantitative estimate of drug-likeness (QED) is 0.593. The Bertz CT molecular complexity index is 282. The Kier molecular flexibility index (Phi) is 1.76. The van der Waals surface area contributed by atoms with Crippen LogP contribution >= 0.6 is 0 Å². The highest BCUT2D eigenvalue weighted by Crippen LogP contribution is 1.83. The molecule has 0 aromatic carbocycles. The van der Waals surface area contributed by atoms with E-state index in [1.165, 1.54) is 10.8 Å². The summed E-state index contributed by atoms with van der Waals surface area (Å²) in [5.74, 6) is 0. The fourth-order valence-corrected chi connectivity index (χ4v) is 0.808. The molecule has 0 aliphatic carbocycles. The van der Waals surface area contributed by atoms with Crippen LogP contribution in [0.5, 0.6) is 0 Å². The predicted molar refractivity (Wildman–Crippen MR) is 40.8 cm³/mol. The molecular weight excluding hydrogens is 128 g/mol. The second-order valence-electron chi connectivity index (χ2n) is 1.96. The number of rotatable bonds is 2. The minimum atomic E-state index is -0.0301. The van der Waals surface area contributed by atoms with E-state index in [-0.39, 0.29) is 5.69 Å². The molecule has 3 nitrogen and oxygen atoms in total. The van der Waals surface area contributed by atoms with Crippen molar-refractivity contribution in [3.8, 4) is 0 Å². The van der Waals surface area contributed by atoms with Gasteiger partial charge in [0.05, 0.1) is 0 Å². The molecule has 0 bridgehead atoms. The van der Waals surface area contributed by atoms with Crippen LogP contribution in [0.15, 0.2) is 23.8 Å². The first-order valence-electron chi connectivity index (χ1n) is 3.19. The molecule has 1 aromatic heterocycles. The third-order valence-corrected chi connectivity index (χ3v) is 1.41. The Morgan fingerprint density at radius 2 is 2.40 bits per heavy atom. The maximum Gasteiger partial charge on any atom is 0.332 e. The number of nitrogens with zero attached hydrogens (tertiary/aromatic N) is 2. The zero-order valence-corrected chi connectivity index (χ0v) is 5.95. The normalized spacial score (nSPS) is 9.70. The molecule has 10 heavy (non-hydrogen) atoms. The van der Waals surface area contributed by atoms with E-state index in [0.29, 0.717) is 6.54 Å². The molecule has 0 fully saturated rings. The maximum atomic E-state index is 11.1. The van der Waals surface area contributed by atoms with E-state index in [1.54, 1.807) is 17.0 Å². The van der Waals surface area contributed by atoms with Crippen molar-refractivity contribution in [2.24, 2.45) is 0 Å². The summed E-state index contributed by atoms with van der Waals surface area (Å²) in [6.45, 7) is 6.12. The van der Waals surface area contributed by atoms with Crippen LogP contribution in [-0.2, 0) is 6.54 Å². The van der Waals surface area contributed by atoms with Crippen LogP contribution in [0.2, 0.25) is 0 Å². The van der Waals surface area contributed by atoms with Crippen molar-refractivity contribution >= 4 is 6.20 Å². The van der Waals surface area contributed by atoms with Gasteiger partial charge in [0.1, 0.15) is 0 Å². The first kappa shape index (κ1) is 6.86. The lowest BCUT2D eigenvalue weighted by molar-refractivity contribution is 0.719. The van der Waals surface area contributed by atoms with Gasteiger partial charge >= 0.3 is 5.69 Å². The predicted octanol–water partition coefficient (Wildman–Crippen LogP) is 0.770. The van der Waals surface area contributed by atoms with Crippen molar-refractivity contribution in [2.75, 3.05) is 0 Å². The Labute approximate surface area is 59.2 Å². The van der Waals surface area contributed by atoms with E-state index in [1.807, 2.05) is 6.92 Å². The molecule has 1 rings (SSSR count). The van der Waals surface area contributed by atoms with E-state index in [2.05, 4.69) is 6.58 Å². The monoisotopic (exact) mass is 138 g/mol. The number of aryl methyl sites for hydroxylation is 1. The zero-order valence-electron chi connectivity index (χ0n) is 5.95. The van der Waals surface area contributed by atoms with E-state index in [4.69, 9.17) is 0 Å². The molecule has 0 N–H and O–H groups in total. The van der Waals surface area contributed by atoms with Crippen LogP contribution in [-0.4, -0.2) is 9.13 Å². The fraction of sp³-hybridized carbons (Fsp3) is 0.286. The fourth-order valence-electron chi connectivity index (χ4n) is 0.808. The van der Waals surface area contributed by atoms with E-state index in [9.17, 15) is 4.79 Å². The van der Waals surface area contributed by atoms with Gasteiger partial charge in [-0.3, -0.25) is 9.13 Å². The molecule has 0 atom stereocenters. The smallest absolute Gasteiger partial charge is 0.299 e. The standard InChI is InChI=1S/C7H10N2O/c1-3-8-5-6-9(4-2)7(8)10/h3,5-6H,1,4H2,2H3. The van der Waals surface area contributed by atoms with Gasteiger partial charge in [-0.1, -0.05) is 6.58 Å². The molecule has 0 spiro atoms. The summed E-state index contributed by atoms with van der Waals surface area (Å²) >= 11 is 0. The van der Waals surface area contributed by atoms with Gasteiger partial charge in [-0.2, -0.15) is 0 Å². The zero-order chi connectivity index (χ0) is 7.56. The average Bonchev–Trinajstić information content (AvgIpc) is 2.30. The molecular formula is C7H10N2O. The molecule has 0 unspecified atom stereocenters. The highest BCUT2D eigenvalue weighted by Gasteiger charge is 1.94. The molecule has 1 aromatic rings. The third-order valence-electron chi connectivity index (χ3n) is 1.41. The van der Waals surface area contributed by atoms with Crippen molar-refractivity contribution in [1.82, 2.24) is 9.13 Å². The first-order chi connectivity index (χ1) is 4.79. The second kappa shape index (κ2) is 2.56. The molecule has 0 amide bonds. The molecule has 3 heteroatoms. The van der Waals surface area contributed by atoms with Crippen LogP contribution < -0.4 is 5.69 Å². The van der Waals surface area contributed by atoms with Crippen LogP contribution in [0.4, 0.5) is 0 Å². The Balaban J connectivity index is 3.21. The van der Waals surface area contributed by atoms with Gasteiger partial charge in [-0.05, 0) is 6.92 Å². The average molecular weight is 138 g/mol.